The highest BCUT2D eigenvalue weighted by Crippen LogP contribution is 2.22. The molecule has 0 radical (unpaired) electrons. The van der Waals surface area contributed by atoms with Gasteiger partial charge in [-0.1, -0.05) is 46.3 Å². The van der Waals surface area contributed by atoms with Crippen molar-refractivity contribution in [3.05, 3.63) is 88.3 Å². The lowest BCUT2D eigenvalue weighted by Crippen LogP contribution is -2.23. The van der Waals surface area contributed by atoms with Crippen LogP contribution in [0.5, 0.6) is 5.75 Å². The van der Waals surface area contributed by atoms with Gasteiger partial charge in [0.2, 0.25) is 0 Å². The summed E-state index contributed by atoms with van der Waals surface area (Å²) in [6.07, 6.45) is 1.58. The number of halogens is 1. The van der Waals surface area contributed by atoms with E-state index in [2.05, 4.69) is 21.2 Å². The number of carbonyl (C=O) groups is 1. The van der Waals surface area contributed by atoms with Crippen LogP contribution in [0.2, 0.25) is 0 Å². The summed E-state index contributed by atoms with van der Waals surface area (Å²) in [5.74, 6) is 1.05. The normalized spacial score (nSPS) is 10.4. The summed E-state index contributed by atoms with van der Waals surface area (Å²) in [6, 6.07) is 18.6. The Morgan fingerprint density at radius 3 is 2.62 bits per heavy atom. The zero-order valence-electron chi connectivity index (χ0n) is 12.9. The van der Waals surface area contributed by atoms with Crippen molar-refractivity contribution in [2.75, 3.05) is 0 Å². The van der Waals surface area contributed by atoms with Gasteiger partial charge in [-0.05, 0) is 30.3 Å². The molecule has 0 aliphatic heterocycles. The highest BCUT2D eigenvalue weighted by Gasteiger charge is 2.12. The summed E-state index contributed by atoms with van der Waals surface area (Å²) in [5.41, 5.74) is 1.51. The first-order valence-electron chi connectivity index (χ1n) is 7.50. The predicted octanol–water partition coefficient (Wildman–Crippen LogP) is 4.55. The van der Waals surface area contributed by atoms with Gasteiger partial charge >= 0.3 is 0 Å². The van der Waals surface area contributed by atoms with Crippen LogP contribution in [0.15, 0.2) is 75.8 Å². The molecule has 3 aromatic rings. The van der Waals surface area contributed by atoms with Crippen LogP contribution < -0.4 is 10.1 Å². The number of rotatable bonds is 6. The first-order valence-corrected chi connectivity index (χ1v) is 8.29. The van der Waals surface area contributed by atoms with Gasteiger partial charge in [-0.15, -0.1) is 0 Å². The Labute approximate surface area is 148 Å². The van der Waals surface area contributed by atoms with Crippen molar-refractivity contribution in [1.82, 2.24) is 5.32 Å². The van der Waals surface area contributed by atoms with Gasteiger partial charge in [-0.25, -0.2) is 0 Å². The van der Waals surface area contributed by atoms with Crippen molar-refractivity contribution < 1.29 is 13.9 Å². The van der Waals surface area contributed by atoms with E-state index in [1.807, 2.05) is 42.5 Å². The third-order valence-electron chi connectivity index (χ3n) is 3.48. The van der Waals surface area contributed by atoms with Crippen molar-refractivity contribution in [3.8, 4) is 5.75 Å². The third kappa shape index (κ3) is 4.06. The van der Waals surface area contributed by atoms with Gasteiger partial charge in [0.25, 0.3) is 5.91 Å². The van der Waals surface area contributed by atoms with Crippen molar-refractivity contribution in [2.24, 2.45) is 0 Å². The molecule has 0 spiro atoms. The number of carbonyl (C=O) groups excluding carboxylic acids is 1. The van der Waals surface area contributed by atoms with E-state index in [-0.39, 0.29) is 5.91 Å². The Hall–Kier alpha value is -2.53. The van der Waals surface area contributed by atoms with Gasteiger partial charge in [0.15, 0.2) is 0 Å². The van der Waals surface area contributed by atoms with Crippen molar-refractivity contribution in [3.63, 3.8) is 0 Å². The molecule has 2 aromatic carbocycles. The molecule has 24 heavy (non-hydrogen) atoms. The number of nitrogens with one attached hydrogen (secondary N) is 1. The number of hydrogen-bond donors (Lipinski definition) is 1. The largest absolute Gasteiger partial charge is 0.488 e. The number of benzene rings is 2. The molecule has 4 nitrogen and oxygen atoms in total. The smallest absolute Gasteiger partial charge is 0.255 e. The first-order chi connectivity index (χ1) is 11.7. The van der Waals surface area contributed by atoms with Gasteiger partial charge in [0.1, 0.15) is 18.1 Å². The van der Waals surface area contributed by atoms with E-state index in [9.17, 15) is 4.79 Å². The standard InChI is InChI=1S/C19H16BrNO3/c20-17-9-3-1-6-14(17)13-24-18-10-4-2-8-16(18)19(22)21-12-15-7-5-11-23-15/h1-11H,12-13H2,(H,21,22). The molecule has 0 aliphatic carbocycles. The summed E-state index contributed by atoms with van der Waals surface area (Å²) in [5, 5.41) is 2.83. The number of para-hydroxylation sites is 1. The lowest BCUT2D eigenvalue weighted by atomic mass is 10.2. The fourth-order valence-corrected chi connectivity index (χ4v) is 2.63. The van der Waals surface area contributed by atoms with Crippen molar-refractivity contribution >= 4 is 21.8 Å². The minimum absolute atomic E-state index is 0.200. The van der Waals surface area contributed by atoms with Gasteiger partial charge in [0.05, 0.1) is 18.4 Å². The van der Waals surface area contributed by atoms with Crippen LogP contribution in [0, 0.1) is 0 Å². The van der Waals surface area contributed by atoms with Crippen LogP contribution in [-0.4, -0.2) is 5.91 Å². The Bertz CT molecular complexity index is 815. The SMILES string of the molecule is O=C(NCc1ccco1)c1ccccc1OCc1ccccc1Br. The van der Waals surface area contributed by atoms with Crippen molar-refractivity contribution in [2.45, 2.75) is 13.2 Å². The average molecular weight is 386 g/mol. The Balaban J connectivity index is 1.68. The number of ether oxygens (including phenoxy) is 1. The summed E-state index contributed by atoms with van der Waals surface area (Å²) < 4.78 is 12.0. The maximum absolute atomic E-state index is 12.4. The highest BCUT2D eigenvalue weighted by atomic mass is 79.9. The fraction of sp³-hybridized carbons (Fsp3) is 0.105. The molecule has 0 atom stereocenters. The summed E-state index contributed by atoms with van der Waals surface area (Å²) >= 11 is 3.49. The third-order valence-corrected chi connectivity index (χ3v) is 4.25. The number of furan rings is 1. The van der Waals surface area contributed by atoms with Crippen LogP contribution in [0.4, 0.5) is 0 Å². The minimum Gasteiger partial charge on any atom is -0.488 e. The van der Waals surface area contributed by atoms with E-state index in [1.54, 1.807) is 24.5 Å². The van der Waals surface area contributed by atoms with Crippen LogP contribution >= 0.6 is 15.9 Å². The molecular weight excluding hydrogens is 370 g/mol. The highest BCUT2D eigenvalue weighted by molar-refractivity contribution is 9.10. The molecule has 0 bridgehead atoms. The van der Waals surface area contributed by atoms with Crippen LogP contribution in [0.3, 0.4) is 0 Å². The predicted molar refractivity (Wildman–Crippen MR) is 94.8 cm³/mol. The van der Waals surface area contributed by atoms with Crippen LogP contribution in [-0.2, 0) is 13.2 Å². The van der Waals surface area contributed by atoms with Crippen LogP contribution in [0.1, 0.15) is 21.7 Å². The van der Waals surface area contributed by atoms with Crippen LogP contribution in [0.25, 0.3) is 0 Å². The molecule has 0 saturated heterocycles. The molecular formula is C19H16BrNO3. The molecule has 0 aliphatic rings. The van der Waals surface area contributed by atoms with E-state index in [0.29, 0.717) is 30.2 Å². The minimum atomic E-state index is -0.200. The van der Waals surface area contributed by atoms with Crippen molar-refractivity contribution in [1.29, 1.82) is 0 Å². The molecule has 0 unspecified atom stereocenters. The van der Waals surface area contributed by atoms with E-state index in [1.165, 1.54) is 0 Å². The van der Waals surface area contributed by atoms with Gasteiger partial charge in [0, 0.05) is 10.0 Å². The van der Waals surface area contributed by atoms with E-state index < -0.39 is 0 Å². The molecule has 5 heteroatoms. The molecule has 0 saturated carbocycles. The van der Waals surface area contributed by atoms with E-state index in [4.69, 9.17) is 9.15 Å². The maximum atomic E-state index is 12.4. The number of amides is 1. The number of hydrogen-bond acceptors (Lipinski definition) is 3. The topological polar surface area (TPSA) is 51.5 Å². The fourth-order valence-electron chi connectivity index (χ4n) is 2.23. The maximum Gasteiger partial charge on any atom is 0.255 e. The molecule has 1 heterocycles. The molecule has 1 N–H and O–H groups in total. The second kappa shape index (κ2) is 7.84. The molecule has 3 rings (SSSR count). The van der Waals surface area contributed by atoms with Gasteiger partial charge < -0.3 is 14.5 Å². The first kappa shape index (κ1) is 16.3. The second-order valence-corrected chi connectivity index (χ2v) is 5.99. The quantitative estimate of drug-likeness (QED) is 0.676. The zero-order chi connectivity index (χ0) is 16.8. The van der Waals surface area contributed by atoms with E-state index in [0.717, 1.165) is 10.0 Å². The van der Waals surface area contributed by atoms with Gasteiger partial charge in [-0.3, -0.25) is 4.79 Å². The van der Waals surface area contributed by atoms with E-state index >= 15 is 0 Å². The van der Waals surface area contributed by atoms with Gasteiger partial charge in [-0.2, -0.15) is 0 Å². The Kier molecular flexibility index (Phi) is 5.33. The zero-order valence-corrected chi connectivity index (χ0v) is 14.5. The molecule has 1 amide bonds. The molecule has 0 fully saturated rings. The molecule has 122 valence electrons. The monoisotopic (exact) mass is 385 g/mol. The summed E-state index contributed by atoms with van der Waals surface area (Å²) in [4.78, 5) is 12.4. The summed E-state index contributed by atoms with van der Waals surface area (Å²) in [6.45, 7) is 0.717. The lowest BCUT2D eigenvalue weighted by Gasteiger charge is -2.12. The Morgan fingerprint density at radius 2 is 1.83 bits per heavy atom. The average Bonchev–Trinajstić information content (AvgIpc) is 3.13. The Morgan fingerprint density at radius 1 is 1.04 bits per heavy atom. The molecule has 1 aromatic heterocycles. The lowest BCUT2D eigenvalue weighted by molar-refractivity contribution is 0.0943. The summed E-state index contributed by atoms with van der Waals surface area (Å²) in [7, 11) is 0. The second-order valence-electron chi connectivity index (χ2n) is 5.14.